The molecule has 4 rings (SSSR count). The van der Waals surface area contributed by atoms with Crippen LogP contribution in [0.5, 0.6) is 0 Å². The SMILES string of the molecule is Cc1[nH]n(-c2nc3ccccc3o2)c(=O)c1Cc1ccc(Cl)cc1. The molecule has 0 unspecified atom stereocenters. The molecule has 2 heterocycles. The molecule has 0 saturated carbocycles. The van der Waals surface area contributed by atoms with Gasteiger partial charge in [0.25, 0.3) is 5.56 Å². The van der Waals surface area contributed by atoms with E-state index >= 15 is 0 Å². The number of aromatic nitrogens is 3. The van der Waals surface area contributed by atoms with Crippen molar-refractivity contribution in [1.82, 2.24) is 14.8 Å². The van der Waals surface area contributed by atoms with Crippen LogP contribution in [0.2, 0.25) is 5.02 Å². The molecule has 0 fully saturated rings. The molecule has 0 bridgehead atoms. The molecule has 0 aliphatic carbocycles. The minimum atomic E-state index is -0.158. The van der Waals surface area contributed by atoms with Gasteiger partial charge in [0.05, 0.1) is 0 Å². The van der Waals surface area contributed by atoms with Gasteiger partial charge < -0.3 is 4.42 Å². The van der Waals surface area contributed by atoms with E-state index in [2.05, 4.69) is 10.1 Å². The maximum Gasteiger partial charge on any atom is 0.325 e. The first-order chi connectivity index (χ1) is 11.6. The van der Waals surface area contributed by atoms with E-state index in [0.717, 1.165) is 11.3 Å². The van der Waals surface area contributed by atoms with Gasteiger partial charge in [-0.2, -0.15) is 9.67 Å². The Balaban J connectivity index is 1.75. The lowest BCUT2D eigenvalue weighted by Gasteiger charge is -1.99. The lowest BCUT2D eigenvalue weighted by Crippen LogP contribution is -2.17. The summed E-state index contributed by atoms with van der Waals surface area (Å²) in [6, 6.07) is 15.1. The predicted molar refractivity (Wildman–Crippen MR) is 93.0 cm³/mol. The number of aromatic amines is 1. The second kappa shape index (κ2) is 5.69. The number of hydrogen-bond acceptors (Lipinski definition) is 3. The van der Waals surface area contributed by atoms with E-state index in [4.69, 9.17) is 16.0 Å². The van der Waals surface area contributed by atoms with Crippen molar-refractivity contribution < 1.29 is 4.42 Å². The second-order valence-electron chi connectivity index (χ2n) is 5.62. The zero-order valence-corrected chi connectivity index (χ0v) is 13.7. The molecule has 24 heavy (non-hydrogen) atoms. The summed E-state index contributed by atoms with van der Waals surface area (Å²) in [6.45, 7) is 1.87. The third kappa shape index (κ3) is 2.53. The summed E-state index contributed by atoms with van der Waals surface area (Å²) in [7, 11) is 0. The standard InChI is InChI=1S/C18H14ClN3O2/c1-11-14(10-12-6-8-13(19)9-7-12)17(23)22(21-11)18-20-15-4-2-3-5-16(15)24-18/h2-9,21H,10H2,1H3. The highest BCUT2D eigenvalue weighted by molar-refractivity contribution is 6.30. The van der Waals surface area contributed by atoms with Crippen molar-refractivity contribution in [1.29, 1.82) is 0 Å². The lowest BCUT2D eigenvalue weighted by atomic mass is 10.1. The van der Waals surface area contributed by atoms with E-state index in [0.29, 0.717) is 28.1 Å². The van der Waals surface area contributed by atoms with Gasteiger partial charge in [-0.25, -0.2) is 0 Å². The van der Waals surface area contributed by atoms with E-state index in [1.165, 1.54) is 4.68 Å². The normalized spacial score (nSPS) is 11.2. The van der Waals surface area contributed by atoms with E-state index in [1.807, 2.05) is 55.5 Å². The van der Waals surface area contributed by atoms with Crippen molar-refractivity contribution in [2.45, 2.75) is 13.3 Å². The van der Waals surface area contributed by atoms with Crippen LogP contribution in [0.15, 0.2) is 57.7 Å². The summed E-state index contributed by atoms with van der Waals surface area (Å²) in [6.07, 6.45) is 0.519. The first-order valence-corrected chi connectivity index (χ1v) is 7.90. The molecule has 0 aliphatic heterocycles. The van der Waals surface area contributed by atoms with Crippen LogP contribution < -0.4 is 5.56 Å². The minimum Gasteiger partial charge on any atom is -0.422 e. The Bertz CT molecular complexity index is 1040. The molecule has 0 saturated heterocycles. The van der Waals surface area contributed by atoms with Crippen LogP contribution in [0.4, 0.5) is 0 Å². The number of para-hydroxylation sites is 2. The Morgan fingerprint density at radius 1 is 1.17 bits per heavy atom. The average Bonchev–Trinajstić information content (AvgIpc) is 3.12. The number of nitrogens with one attached hydrogen (secondary N) is 1. The maximum atomic E-state index is 12.7. The monoisotopic (exact) mass is 339 g/mol. The fourth-order valence-corrected chi connectivity index (χ4v) is 2.81. The van der Waals surface area contributed by atoms with Crippen molar-refractivity contribution in [3.63, 3.8) is 0 Å². The zero-order chi connectivity index (χ0) is 16.7. The summed E-state index contributed by atoms with van der Waals surface area (Å²) in [5.74, 6) is 0. The number of hydrogen-bond donors (Lipinski definition) is 1. The van der Waals surface area contributed by atoms with Crippen LogP contribution in [-0.2, 0) is 6.42 Å². The molecule has 2 aromatic carbocycles. The summed E-state index contributed by atoms with van der Waals surface area (Å²) >= 11 is 5.91. The fraction of sp³-hybridized carbons (Fsp3) is 0.111. The Morgan fingerprint density at radius 2 is 1.92 bits per heavy atom. The van der Waals surface area contributed by atoms with E-state index < -0.39 is 0 Å². The quantitative estimate of drug-likeness (QED) is 0.616. The Kier molecular flexibility index (Phi) is 3.50. The van der Waals surface area contributed by atoms with Gasteiger partial charge in [0.2, 0.25) is 0 Å². The van der Waals surface area contributed by atoms with Gasteiger partial charge in [0.1, 0.15) is 5.52 Å². The van der Waals surface area contributed by atoms with Crippen molar-refractivity contribution in [3.05, 3.63) is 80.7 Å². The third-order valence-corrected chi connectivity index (χ3v) is 4.21. The molecule has 0 spiro atoms. The largest absolute Gasteiger partial charge is 0.422 e. The van der Waals surface area contributed by atoms with Crippen molar-refractivity contribution in [2.24, 2.45) is 0 Å². The summed E-state index contributed by atoms with van der Waals surface area (Å²) < 4.78 is 7.02. The van der Waals surface area contributed by atoms with E-state index in [9.17, 15) is 4.79 Å². The summed E-state index contributed by atoms with van der Waals surface area (Å²) in [5.41, 5.74) is 3.69. The van der Waals surface area contributed by atoms with Gasteiger partial charge in [0.15, 0.2) is 5.58 Å². The van der Waals surface area contributed by atoms with Crippen molar-refractivity contribution in [3.8, 4) is 6.01 Å². The van der Waals surface area contributed by atoms with Crippen LogP contribution in [0.1, 0.15) is 16.8 Å². The number of benzene rings is 2. The Hall–Kier alpha value is -2.79. The second-order valence-corrected chi connectivity index (χ2v) is 6.06. The molecule has 0 radical (unpaired) electrons. The van der Waals surface area contributed by atoms with Gasteiger partial charge in [-0.15, -0.1) is 0 Å². The average molecular weight is 340 g/mol. The highest BCUT2D eigenvalue weighted by Gasteiger charge is 2.16. The van der Waals surface area contributed by atoms with E-state index in [-0.39, 0.29) is 11.6 Å². The molecule has 2 aromatic heterocycles. The molecule has 5 nitrogen and oxygen atoms in total. The fourth-order valence-electron chi connectivity index (χ4n) is 2.69. The van der Waals surface area contributed by atoms with E-state index in [1.54, 1.807) is 0 Å². The molecule has 1 N–H and O–H groups in total. The highest BCUT2D eigenvalue weighted by atomic mass is 35.5. The predicted octanol–water partition coefficient (Wildman–Crippen LogP) is 3.86. The first-order valence-electron chi connectivity index (χ1n) is 7.53. The number of halogens is 1. The number of aryl methyl sites for hydroxylation is 1. The minimum absolute atomic E-state index is 0.158. The molecular formula is C18H14ClN3O2. The van der Waals surface area contributed by atoms with Crippen LogP contribution in [0.25, 0.3) is 17.1 Å². The van der Waals surface area contributed by atoms with Crippen LogP contribution in [0, 0.1) is 6.92 Å². The van der Waals surface area contributed by atoms with Gasteiger partial charge in [0, 0.05) is 22.7 Å². The smallest absolute Gasteiger partial charge is 0.325 e. The summed E-state index contributed by atoms with van der Waals surface area (Å²) in [4.78, 5) is 17.1. The number of H-pyrrole nitrogens is 1. The van der Waals surface area contributed by atoms with Crippen LogP contribution in [0.3, 0.4) is 0 Å². The van der Waals surface area contributed by atoms with Gasteiger partial charge in [-0.1, -0.05) is 35.9 Å². The highest BCUT2D eigenvalue weighted by Crippen LogP contribution is 2.18. The van der Waals surface area contributed by atoms with Gasteiger partial charge in [-0.05, 0) is 36.8 Å². The van der Waals surface area contributed by atoms with Crippen LogP contribution in [-0.4, -0.2) is 14.8 Å². The number of rotatable bonds is 3. The number of nitrogens with zero attached hydrogens (tertiary/aromatic N) is 2. The topological polar surface area (TPSA) is 63.8 Å². The third-order valence-electron chi connectivity index (χ3n) is 3.96. The zero-order valence-electron chi connectivity index (χ0n) is 12.9. The van der Waals surface area contributed by atoms with Crippen molar-refractivity contribution in [2.75, 3.05) is 0 Å². The Labute approximate surface area is 142 Å². The molecule has 4 aromatic rings. The van der Waals surface area contributed by atoms with Gasteiger partial charge in [-0.3, -0.25) is 9.89 Å². The molecule has 0 aliphatic rings. The summed E-state index contributed by atoms with van der Waals surface area (Å²) in [5, 5.41) is 3.72. The first kappa shape index (κ1) is 14.8. The molecular weight excluding hydrogens is 326 g/mol. The van der Waals surface area contributed by atoms with Gasteiger partial charge >= 0.3 is 6.01 Å². The molecule has 0 atom stereocenters. The Morgan fingerprint density at radius 3 is 2.67 bits per heavy atom. The van der Waals surface area contributed by atoms with Crippen molar-refractivity contribution >= 4 is 22.7 Å². The number of fused-ring (bicyclic) bond motifs is 1. The maximum absolute atomic E-state index is 12.7. The lowest BCUT2D eigenvalue weighted by molar-refractivity contribution is 0.535. The van der Waals surface area contributed by atoms with Crippen LogP contribution >= 0.6 is 11.6 Å². The number of oxazole rings is 1. The molecule has 6 heteroatoms. The molecule has 0 amide bonds. The molecule has 120 valence electrons.